The van der Waals surface area contributed by atoms with Crippen molar-refractivity contribution in [3.8, 4) is 0 Å². The van der Waals surface area contributed by atoms with E-state index in [2.05, 4.69) is 22.1 Å². The second-order valence-electron chi connectivity index (χ2n) is 5.30. The second-order valence-corrected chi connectivity index (χ2v) is 7.37. The first-order valence-corrected chi connectivity index (χ1v) is 10.0. The molecule has 2 rings (SSSR count). The van der Waals surface area contributed by atoms with E-state index < -0.39 is 5.97 Å². The van der Waals surface area contributed by atoms with Gasteiger partial charge in [0.05, 0.1) is 17.9 Å². The zero-order chi connectivity index (χ0) is 19.1. The van der Waals surface area contributed by atoms with Crippen LogP contribution < -0.4 is 5.32 Å². The third-order valence-corrected chi connectivity index (χ3v) is 5.59. The van der Waals surface area contributed by atoms with E-state index in [9.17, 15) is 9.59 Å². The predicted molar refractivity (Wildman–Crippen MR) is 104 cm³/mol. The smallest absolute Gasteiger partial charge is 0.341 e. The largest absolute Gasteiger partial charge is 0.462 e. The first-order chi connectivity index (χ1) is 12.5. The van der Waals surface area contributed by atoms with Gasteiger partial charge in [-0.15, -0.1) is 28.1 Å². The summed E-state index contributed by atoms with van der Waals surface area (Å²) < 4.78 is 6.95. The molecule has 1 amide bonds. The zero-order valence-corrected chi connectivity index (χ0v) is 16.7. The van der Waals surface area contributed by atoms with E-state index in [-0.39, 0.29) is 18.3 Å². The van der Waals surface area contributed by atoms with E-state index in [0.29, 0.717) is 22.3 Å². The number of nitrogens with one attached hydrogen (secondary N) is 1. The molecular formula is C17H22N4O3S2. The lowest BCUT2D eigenvalue weighted by Crippen LogP contribution is -2.16. The van der Waals surface area contributed by atoms with E-state index in [0.717, 1.165) is 17.1 Å². The Kier molecular flexibility index (Phi) is 7.40. The average molecular weight is 395 g/mol. The van der Waals surface area contributed by atoms with Crippen LogP contribution in [0.4, 0.5) is 5.00 Å². The molecule has 2 aromatic rings. The number of thioether (sulfide) groups is 1. The van der Waals surface area contributed by atoms with Crippen molar-refractivity contribution >= 4 is 40.0 Å². The Hall–Kier alpha value is -2.13. The zero-order valence-electron chi connectivity index (χ0n) is 15.1. The van der Waals surface area contributed by atoms with Crippen LogP contribution in [0.3, 0.4) is 0 Å². The molecule has 26 heavy (non-hydrogen) atoms. The molecule has 7 nitrogen and oxygen atoms in total. The van der Waals surface area contributed by atoms with Crippen molar-refractivity contribution in [2.75, 3.05) is 17.7 Å². The maximum Gasteiger partial charge on any atom is 0.341 e. The topological polar surface area (TPSA) is 86.1 Å². The number of ether oxygens (including phenoxy) is 1. The van der Waals surface area contributed by atoms with Gasteiger partial charge in [-0.2, -0.15) is 0 Å². The van der Waals surface area contributed by atoms with E-state index >= 15 is 0 Å². The Morgan fingerprint density at radius 2 is 2.19 bits per heavy atom. The number of thiophene rings is 1. The minimum atomic E-state index is -0.423. The molecule has 0 bridgehead atoms. The fourth-order valence-corrected chi connectivity index (χ4v) is 3.96. The van der Waals surface area contributed by atoms with Crippen LogP contribution in [0, 0.1) is 6.92 Å². The second kappa shape index (κ2) is 9.54. The summed E-state index contributed by atoms with van der Waals surface area (Å²) in [6.45, 7) is 10.2. The Balaban J connectivity index is 2.05. The Morgan fingerprint density at radius 3 is 2.85 bits per heavy atom. The maximum atomic E-state index is 12.3. The standard InChI is InChI=1S/C17H22N4O3S2/c1-5-8-21-11(4)19-20-17(21)25-10-14(22)18-15-13(16(23)24-7-3)9-12(6-2)26-15/h5,9H,1,6-8,10H2,2-4H3,(H,18,22). The van der Waals surface area contributed by atoms with Gasteiger partial charge in [0, 0.05) is 11.4 Å². The Morgan fingerprint density at radius 1 is 1.42 bits per heavy atom. The molecule has 0 aliphatic rings. The minimum Gasteiger partial charge on any atom is -0.462 e. The number of carbonyl (C=O) groups excluding carboxylic acids is 2. The molecule has 1 N–H and O–H groups in total. The summed E-state index contributed by atoms with van der Waals surface area (Å²) >= 11 is 2.68. The number of hydrogen-bond donors (Lipinski definition) is 1. The molecule has 0 spiro atoms. The fourth-order valence-electron chi connectivity index (χ4n) is 2.17. The predicted octanol–water partition coefficient (Wildman–Crippen LogP) is 3.30. The van der Waals surface area contributed by atoms with E-state index in [1.165, 1.54) is 23.1 Å². The molecular weight excluding hydrogens is 372 g/mol. The molecule has 0 aliphatic carbocycles. The first-order valence-electron chi connectivity index (χ1n) is 8.23. The SMILES string of the molecule is C=CCn1c(C)nnc1SCC(=O)Nc1sc(CC)cc1C(=O)OCC. The number of esters is 1. The lowest BCUT2D eigenvalue weighted by atomic mass is 10.2. The highest BCUT2D eigenvalue weighted by molar-refractivity contribution is 7.99. The summed E-state index contributed by atoms with van der Waals surface area (Å²) in [5.74, 6) is 0.295. The van der Waals surface area contributed by atoms with E-state index in [1.54, 1.807) is 19.1 Å². The van der Waals surface area contributed by atoms with Crippen LogP contribution in [0.1, 0.15) is 34.9 Å². The van der Waals surface area contributed by atoms with Crippen molar-refractivity contribution in [1.82, 2.24) is 14.8 Å². The van der Waals surface area contributed by atoms with Crippen LogP contribution in [0.2, 0.25) is 0 Å². The molecule has 0 radical (unpaired) electrons. The van der Waals surface area contributed by atoms with Gasteiger partial charge in [0.25, 0.3) is 0 Å². The van der Waals surface area contributed by atoms with Gasteiger partial charge < -0.3 is 14.6 Å². The van der Waals surface area contributed by atoms with Crippen molar-refractivity contribution in [1.29, 1.82) is 0 Å². The molecule has 0 saturated carbocycles. The number of aromatic nitrogens is 3. The molecule has 9 heteroatoms. The van der Waals surface area contributed by atoms with E-state index in [1.807, 2.05) is 18.4 Å². The van der Waals surface area contributed by atoms with Gasteiger partial charge in [0.15, 0.2) is 5.16 Å². The van der Waals surface area contributed by atoms with Gasteiger partial charge in [0.1, 0.15) is 10.8 Å². The van der Waals surface area contributed by atoms with Crippen LogP contribution in [-0.4, -0.2) is 39.0 Å². The summed E-state index contributed by atoms with van der Waals surface area (Å²) in [5, 5.41) is 12.1. The minimum absolute atomic E-state index is 0.164. The van der Waals surface area contributed by atoms with E-state index in [4.69, 9.17) is 4.74 Å². The van der Waals surface area contributed by atoms with Crippen LogP contribution in [0.25, 0.3) is 0 Å². The van der Waals surface area contributed by atoms with Crippen molar-refractivity contribution in [2.24, 2.45) is 0 Å². The van der Waals surface area contributed by atoms with Gasteiger partial charge in [-0.3, -0.25) is 4.79 Å². The van der Waals surface area contributed by atoms with Gasteiger partial charge in [-0.25, -0.2) is 4.79 Å². The molecule has 2 heterocycles. The highest BCUT2D eigenvalue weighted by Crippen LogP contribution is 2.29. The molecule has 0 atom stereocenters. The number of aryl methyl sites for hydroxylation is 2. The molecule has 0 fully saturated rings. The molecule has 0 unspecified atom stereocenters. The number of hydrogen-bond acceptors (Lipinski definition) is 7. The normalized spacial score (nSPS) is 10.6. The summed E-state index contributed by atoms with van der Waals surface area (Å²) in [4.78, 5) is 25.4. The van der Waals surface area contributed by atoms with Gasteiger partial charge in [0.2, 0.25) is 5.91 Å². The summed E-state index contributed by atoms with van der Waals surface area (Å²) in [6.07, 6.45) is 2.54. The van der Waals surface area contributed by atoms with Crippen molar-refractivity contribution in [3.05, 3.63) is 35.0 Å². The number of anilines is 1. The molecule has 2 aromatic heterocycles. The van der Waals surface area contributed by atoms with Gasteiger partial charge in [-0.05, 0) is 26.3 Å². The quantitative estimate of drug-likeness (QED) is 0.399. The van der Waals surface area contributed by atoms with Crippen LogP contribution in [0.5, 0.6) is 0 Å². The van der Waals surface area contributed by atoms with Crippen LogP contribution in [-0.2, 0) is 22.5 Å². The Labute approximate surface area is 160 Å². The van der Waals surface area contributed by atoms with Gasteiger partial charge >= 0.3 is 5.97 Å². The summed E-state index contributed by atoms with van der Waals surface area (Å²) in [7, 11) is 0. The lowest BCUT2D eigenvalue weighted by molar-refractivity contribution is -0.113. The maximum absolute atomic E-state index is 12.3. The van der Waals surface area contributed by atoms with Crippen molar-refractivity contribution < 1.29 is 14.3 Å². The van der Waals surface area contributed by atoms with Crippen molar-refractivity contribution in [3.63, 3.8) is 0 Å². The van der Waals surface area contributed by atoms with Crippen molar-refractivity contribution in [2.45, 2.75) is 38.9 Å². The lowest BCUT2D eigenvalue weighted by Gasteiger charge is -2.07. The van der Waals surface area contributed by atoms with Gasteiger partial charge in [-0.1, -0.05) is 24.8 Å². The molecule has 0 saturated heterocycles. The molecule has 0 aromatic carbocycles. The number of amides is 1. The highest BCUT2D eigenvalue weighted by atomic mass is 32.2. The highest BCUT2D eigenvalue weighted by Gasteiger charge is 2.19. The van der Waals surface area contributed by atoms with Crippen LogP contribution in [0.15, 0.2) is 23.9 Å². The number of nitrogens with zero attached hydrogens (tertiary/aromatic N) is 3. The molecule has 0 aliphatic heterocycles. The number of rotatable bonds is 9. The average Bonchev–Trinajstić information content (AvgIpc) is 3.18. The third kappa shape index (κ3) is 4.95. The molecule has 140 valence electrons. The first kappa shape index (κ1) is 20.2. The number of allylic oxidation sites excluding steroid dienone is 1. The van der Waals surface area contributed by atoms with Crippen LogP contribution >= 0.6 is 23.1 Å². The monoisotopic (exact) mass is 394 g/mol. The third-order valence-electron chi connectivity index (χ3n) is 3.43. The fraction of sp³-hybridized carbons (Fsp3) is 0.412. The summed E-state index contributed by atoms with van der Waals surface area (Å²) in [6, 6.07) is 1.77. The summed E-state index contributed by atoms with van der Waals surface area (Å²) in [5.41, 5.74) is 0.401. The number of carbonyl (C=O) groups is 2. The Bertz CT molecular complexity index is 798.